The van der Waals surface area contributed by atoms with E-state index in [1.54, 1.807) is 12.1 Å². The Bertz CT molecular complexity index is 802. The highest BCUT2D eigenvalue weighted by molar-refractivity contribution is 5.30. The van der Waals surface area contributed by atoms with E-state index < -0.39 is 11.7 Å². The van der Waals surface area contributed by atoms with E-state index in [1.165, 1.54) is 22.9 Å². The number of hydrogen-bond donors (Lipinski definition) is 3. The van der Waals surface area contributed by atoms with Gasteiger partial charge in [-0.05, 0) is 56.2 Å². The SMILES string of the molecule is Cc1cc(C)cc(CC2(O)CC3CN(CC(O)c4ccc(O)cn4)C[C@@H]3C2)c1. The first-order chi connectivity index (χ1) is 13.3. The molecule has 2 heterocycles. The summed E-state index contributed by atoms with van der Waals surface area (Å²) in [5, 5.41) is 31.0. The molecule has 0 amide bonds. The monoisotopic (exact) mass is 382 g/mol. The molecule has 1 aliphatic carbocycles. The maximum atomic E-state index is 11.2. The van der Waals surface area contributed by atoms with E-state index in [-0.39, 0.29) is 5.75 Å². The molecule has 0 radical (unpaired) electrons. The predicted molar refractivity (Wildman–Crippen MR) is 108 cm³/mol. The molecule has 0 bridgehead atoms. The van der Waals surface area contributed by atoms with Gasteiger partial charge in [-0.3, -0.25) is 9.88 Å². The molecular formula is C23H30N2O3. The molecule has 1 aromatic carbocycles. The van der Waals surface area contributed by atoms with Crippen molar-refractivity contribution in [2.75, 3.05) is 19.6 Å². The van der Waals surface area contributed by atoms with Crippen LogP contribution in [0.4, 0.5) is 0 Å². The number of hydrogen-bond acceptors (Lipinski definition) is 5. The van der Waals surface area contributed by atoms with Gasteiger partial charge in [0.1, 0.15) is 11.9 Å². The van der Waals surface area contributed by atoms with E-state index in [0.29, 0.717) is 24.1 Å². The van der Waals surface area contributed by atoms with Crippen LogP contribution in [0.5, 0.6) is 5.75 Å². The van der Waals surface area contributed by atoms with Gasteiger partial charge in [-0.25, -0.2) is 0 Å². The number of fused-ring (bicyclic) bond motifs is 1. The lowest BCUT2D eigenvalue weighted by molar-refractivity contribution is 0.0327. The van der Waals surface area contributed by atoms with Crippen molar-refractivity contribution in [2.45, 2.75) is 44.8 Å². The molecule has 2 aliphatic rings. The second-order valence-corrected chi connectivity index (χ2v) is 9.00. The van der Waals surface area contributed by atoms with Gasteiger partial charge in [-0.1, -0.05) is 29.3 Å². The van der Waals surface area contributed by atoms with Gasteiger partial charge in [0.15, 0.2) is 0 Å². The molecule has 1 saturated carbocycles. The standard InChI is InChI=1S/C23H30N2O3/c1-15-5-16(2)7-17(6-15)8-23(28)9-18-12-25(13-19(18)10-23)14-22(27)21-4-3-20(26)11-24-21/h3-7,11,18-19,22,26-28H,8-10,12-14H2,1-2H3/t18-,19?,22?,23?/m0/s1. The number of aryl methyl sites for hydroxylation is 2. The van der Waals surface area contributed by atoms with Crippen LogP contribution in [-0.2, 0) is 6.42 Å². The lowest BCUT2D eigenvalue weighted by Gasteiger charge is -2.27. The van der Waals surface area contributed by atoms with Crippen molar-refractivity contribution in [1.82, 2.24) is 9.88 Å². The Labute approximate surface area is 166 Å². The minimum atomic E-state index is -0.659. The van der Waals surface area contributed by atoms with Crippen LogP contribution in [0.3, 0.4) is 0 Å². The normalized spacial score (nSPS) is 28.4. The molecule has 3 N–H and O–H groups in total. The van der Waals surface area contributed by atoms with Gasteiger partial charge < -0.3 is 15.3 Å². The van der Waals surface area contributed by atoms with Gasteiger partial charge in [0.05, 0.1) is 17.5 Å². The number of pyridine rings is 1. The van der Waals surface area contributed by atoms with Crippen LogP contribution in [0.1, 0.15) is 41.3 Å². The summed E-state index contributed by atoms with van der Waals surface area (Å²) in [6.45, 7) is 6.58. The first-order valence-corrected chi connectivity index (χ1v) is 10.1. The summed E-state index contributed by atoms with van der Waals surface area (Å²) >= 11 is 0. The molecule has 150 valence electrons. The molecule has 28 heavy (non-hydrogen) atoms. The molecule has 1 aliphatic heterocycles. The molecule has 2 fully saturated rings. The summed E-state index contributed by atoms with van der Waals surface area (Å²) in [5.41, 5.74) is 3.70. The fourth-order valence-corrected chi connectivity index (χ4v) is 5.33. The maximum absolute atomic E-state index is 11.2. The zero-order valence-electron chi connectivity index (χ0n) is 16.7. The average Bonchev–Trinajstić information content (AvgIpc) is 3.08. The Morgan fingerprint density at radius 3 is 2.32 bits per heavy atom. The number of aromatic hydroxyl groups is 1. The largest absolute Gasteiger partial charge is 0.506 e. The Morgan fingerprint density at radius 2 is 1.75 bits per heavy atom. The van der Waals surface area contributed by atoms with Crippen LogP contribution in [0.2, 0.25) is 0 Å². The van der Waals surface area contributed by atoms with Crippen molar-refractivity contribution in [2.24, 2.45) is 11.8 Å². The maximum Gasteiger partial charge on any atom is 0.133 e. The second kappa shape index (κ2) is 7.47. The second-order valence-electron chi connectivity index (χ2n) is 9.00. The third kappa shape index (κ3) is 4.22. The number of aliphatic hydroxyl groups is 2. The van der Waals surface area contributed by atoms with Crippen LogP contribution in [0.25, 0.3) is 0 Å². The molecule has 3 unspecified atom stereocenters. The van der Waals surface area contributed by atoms with Gasteiger partial charge in [0, 0.05) is 26.1 Å². The van der Waals surface area contributed by atoms with Crippen molar-refractivity contribution in [3.8, 4) is 5.75 Å². The van der Waals surface area contributed by atoms with Crippen molar-refractivity contribution >= 4 is 0 Å². The van der Waals surface area contributed by atoms with E-state index in [9.17, 15) is 15.3 Å². The molecule has 1 saturated heterocycles. The summed E-state index contributed by atoms with van der Waals surface area (Å²) in [4.78, 5) is 6.39. The highest BCUT2D eigenvalue weighted by atomic mass is 16.3. The summed E-state index contributed by atoms with van der Waals surface area (Å²) in [5.74, 6) is 1.07. The number of aliphatic hydroxyl groups excluding tert-OH is 1. The Hall–Kier alpha value is -1.95. The molecular weight excluding hydrogens is 352 g/mol. The fourth-order valence-electron chi connectivity index (χ4n) is 5.33. The summed E-state index contributed by atoms with van der Waals surface area (Å²) < 4.78 is 0. The number of benzene rings is 1. The van der Waals surface area contributed by atoms with Gasteiger partial charge in [0.25, 0.3) is 0 Å². The number of β-amino-alcohol motifs (C(OH)–C–C–N with tert-alkyl or cyclic N) is 1. The van der Waals surface area contributed by atoms with Crippen LogP contribution >= 0.6 is 0 Å². The number of aromatic nitrogens is 1. The first-order valence-electron chi connectivity index (χ1n) is 10.1. The molecule has 4 atom stereocenters. The molecule has 1 aromatic heterocycles. The number of rotatable bonds is 5. The predicted octanol–water partition coefficient (Wildman–Crippen LogP) is 2.75. The molecule has 2 aromatic rings. The Kier molecular flexibility index (Phi) is 5.17. The van der Waals surface area contributed by atoms with E-state index in [4.69, 9.17) is 0 Å². The summed E-state index contributed by atoms with van der Waals surface area (Å²) in [6, 6.07) is 9.76. The van der Waals surface area contributed by atoms with Gasteiger partial charge in [-0.15, -0.1) is 0 Å². The topological polar surface area (TPSA) is 76.8 Å². The van der Waals surface area contributed by atoms with Crippen LogP contribution in [0.15, 0.2) is 36.5 Å². The van der Waals surface area contributed by atoms with Crippen LogP contribution < -0.4 is 0 Å². The average molecular weight is 383 g/mol. The lowest BCUT2D eigenvalue weighted by Crippen LogP contribution is -2.33. The molecule has 5 nitrogen and oxygen atoms in total. The molecule has 5 heteroatoms. The zero-order chi connectivity index (χ0) is 19.9. The smallest absolute Gasteiger partial charge is 0.133 e. The third-order valence-electron chi connectivity index (χ3n) is 6.29. The summed E-state index contributed by atoms with van der Waals surface area (Å²) in [7, 11) is 0. The Morgan fingerprint density at radius 1 is 1.11 bits per heavy atom. The highest BCUT2D eigenvalue weighted by Gasteiger charge is 2.48. The van der Waals surface area contributed by atoms with Crippen molar-refractivity contribution in [3.63, 3.8) is 0 Å². The van der Waals surface area contributed by atoms with Crippen molar-refractivity contribution in [1.29, 1.82) is 0 Å². The lowest BCUT2D eigenvalue weighted by atomic mass is 9.90. The minimum Gasteiger partial charge on any atom is -0.506 e. The molecule has 0 spiro atoms. The Balaban J connectivity index is 1.34. The fraction of sp³-hybridized carbons (Fsp3) is 0.522. The van der Waals surface area contributed by atoms with E-state index in [2.05, 4.69) is 41.9 Å². The first kappa shape index (κ1) is 19.4. The third-order valence-corrected chi connectivity index (χ3v) is 6.29. The van der Waals surface area contributed by atoms with E-state index in [0.717, 1.165) is 32.4 Å². The summed E-state index contributed by atoms with van der Waals surface area (Å²) in [6.07, 6.45) is 3.09. The van der Waals surface area contributed by atoms with Gasteiger partial charge in [0.2, 0.25) is 0 Å². The highest BCUT2D eigenvalue weighted by Crippen LogP contribution is 2.45. The van der Waals surface area contributed by atoms with Crippen LogP contribution in [0, 0.1) is 25.7 Å². The van der Waals surface area contributed by atoms with E-state index in [1.807, 2.05) is 0 Å². The van der Waals surface area contributed by atoms with Gasteiger partial charge in [-0.2, -0.15) is 0 Å². The van der Waals surface area contributed by atoms with Crippen molar-refractivity contribution < 1.29 is 15.3 Å². The molecule has 4 rings (SSSR count). The quantitative estimate of drug-likeness (QED) is 0.741. The van der Waals surface area contributed by atoms with Crippen LogP contribution in [-0.4, -0.2) is 50.4 Å². The number of nitrogens with zero attached hydrogens (tertiary/aromatic N) is 2. The number of likely N-dealkylation sites (tertiary alicyclic amines) is 1. The zero-order valence-corrected chi connectivity index (χ0v) is 16.7. The van der Waals surface area contributed by atoms with Crippen molar-refractivity contribution in [3.05, 3.63) is 58.9 Å². The minimum absolute atomic E-state index is 0.106. The van der Waals surface area contributed by atoms with Gasteiger partial charge >= 0.3 is 0 Å². The van der Waals surface area contributed by atoms with E-state index >= 15 is 0 Å².